The van der Waals surface area contributed by atoms with E-state index in [0.29, 0.717) is 36.4 Å². The van der Waals surface area contributed by atoms with Crippen LogP contribution in [0.5, 0.6) is 0 Å². The molecule has 0 N–H and O–H groups in total. The number of hydrogen-bond acceptors (Lipinski definition) is 5. The third kappa shape index (κ3) is 2.81. The first kappa shape index (κ1) is 15.7. The summed E-state index contributed by atoms with van der Waals surface area (Å²) >= 11 is 0. The Bertz CT molecular complexity index is 824. The Hall–Kier alpha value is -2.57. The summed E-state index contributed by atoms with van der Waals surface area (Å²) in [5.74, 6) is 1.78. The van der Waals surface area contributed by atoms with Crippen LogP contribution in [0.3, 0.4) is 0 Å². The maximum atomic E-state index is 13.3. The summed E-state index contributed by atoms with van der Waals surface area (Å²) in [6.07, 6.45) is 5.00. The molecule has 2 aliphatic heterocycles. The van der Waals surface area contributed by atoms with Crippen molar-refractivity contribution in [1.29, 1.82) is 0 Å². The molecule has 0 bridgehead atoms. The molecular formula is C19H20FN5O. The van der Waals surface area contributed by atoms with Crippen LogP contribution in [0.1, 0.15) is 34.8 Å². The van der Waals surface area contributed by atoms with E-state index in [0.717, 1.165) is 30.8 Å². The first-order valence-electron chi connectivity index (χ1n) is 9.16. The fourth-order valence-electron chi connectivity index (χ4n) is 4.16. The number of carbonyl (C=O) groups excluding carboxylic acids is 1. The van der Waals surface area contributed by atoms with E-state index in [-0.39, 0.29) is 5.91 Å². The maximum Gasteiger partial charge on any atom is 0.255 e. The molecule has 2 atom stereocenters. The molecular weight excluding hydrogens is 333 g/mol. The number of amides is 1. The van der Waals surface area contributed by atoms with E-state index < -0.39 is 5.82 Å². The standard InChI is InChI=1S/C19H20FN5O/c20-16-5-13(6-21-7-16)19(26)25-10-14-8-24(9-15(14)11-25)18-4-3-17(22-23-18)12-1-2-12/h3-7,12,14-15H,1-2,8-11H2. The zero-order valence-electron chi connectivity index (χ0n) is 14.4. The minimum atomic E-state index is -0.477. The normalized spacial score (nSPS) is 24.8. The van der Waals surface area contributed by atoms with Gasteiger partial charge in [0.25, 0.3) is 5.91 Å². The minimum absolute atomic E-state index is 0.133. The average Bonchev–Trinajstić information content (AvgIpc) is 3.31. The molecule has 3 fully saturated rings. The predicted octanol–water partition coefficient (Wildman–Crippen LogP) is 2.10. The van der Waals surface area contributed by atoms with Crippen molar-refractivity contribution in [2.24, 2.45) is 11.8 Å². The lowest BCUT2D eigenvalue weighted by Crippen LogP contribution is -2.33. The van der Waals surface area contributed by atoms with Gasteiger partial charge in [0, 0.05) is 50.1 Å². The number of pyridine rings is 1. The van der Waals surface area contributed by atoms with Crippen LogP contribution in [-0.4, -0.2) is 52.2 Å². The molecule has 0 aromatic carbocycles. The third-order valence-electron chi connectivity index (χ3n) is 5.72. The van der Waals surface area contributed by atoms with Gasteiger partial charge in [0.2, 0.25) is 0 Å². The van der Waals surface area contributed by atoms with Gasteiger partial charge in [-0.1, -0.05) is 0 Å². The number of fused-ring (bicyclic) bond motifs is 1. The van der Waals surface area contributed by atoms with E-state index in [4.69, 9.17) is 0 Å². The molecule has 7 heteroatoms. The van der Waals surface area contributed by atoms with Gasteiger partial charge in [0.1, 0.15) is 5.82 Å². The number of likely N-dealkylation sites (tertiary alicyclic amines) is 1. The second-order valence-electron chi connectivity index (χ2n) is 7.62. The summed E-state index contributed by atoms with van der Waals surface area (Å²) in [5, 5.41) is 8.78. The number of halogens is 1. The number of aromatic nitrogens is 3. The zero-order valence-corrected chi connectivity index (χ0v) is 14.4. The van der Waals surface area contributed by atoms with Crippen LogP contribution in [0.25, 0.3) is 0 Å². The predicted molar refractivity (Wildman–Crippen MR) is 93.3 cm³/mol. The van der Waals surface area contributed by atoms with Crippen molar-refractivity contribution < 1.29 is 9.18 Å². The Morgan fingerprint density at radius 1 is 1.04 bits per heavy atom. The highest BCUT2D eigenvalue weighted by atomic mass is 19.1. The molecule has 26 heavy (non-hydrogen) atoms. The van der Waals surface area contributed by atoms with Crippen LogP contribution in [0.4, 0.5) is 10.2 Å². The van der Waals surface area contributed by atoms with Crippen LogP contribution >= 0.6 is 0 Å². The molecule has 1 amide bonds. The Kier molecular flexibility index (Phi) is 3.62. The maximum absolute atomic E-state index is 13.3. The summed E-state index contributed by atoms with van der Waals surface area (Å²) in [5.41, 5.74) is 1.43. The molecule has 3 aliphatic rings. The van der Waals surface area contributed by atoms with Gasteiger partial charge in [0.05, 0.1) is 17.5 Å². The van der Waals surface area contributed by atoms with Crippen molar-refractivity contribution in [2.75, 3.05) is 31.1 Å². The molecule has 1 saturated carbocycles. The number of carbonyl (C=O) groups is 1. The molecule has 5 rings (SSSR count). The van der Waals surface area contributed by atoms with E-state index in [9.17, 15) is 9.18 Å². The molecule has 134 valence electrons. The second kappa shape index (κ2) is 6.00. The van der Waals surface area contributed by atoms with Gasteiger partial charge in [-0.05, 0) is 31.0 Å². The lowest BCUT2D eigenvalue weighted by Gasteiger charge is -2.22. The van der Waals surface area contributed by atoms with E-state index in [1.54, 1.807) is 0 Å². The molecule has 2 saturated heterocycles. The summed E-state index contributed by atoms with van der Waals surface area (Å²) in [6.45, 7) is 3.16. The Balaban J connectivity index is 1.23. The lowest BCUT2D eigenvalue weighted by atomic mass is 10.0. The molecule has 0 spiro atoms. The first-order valence-corrected chi connectivity index (χ1v) is 9.16. The monoisotopic (exact) mass is 353 g/mol. The largest absolute Gasteiger partial charge is 0.354 e. The van der Waals surface area contributed by atoms with Crippen LogP contribution in [0, 0.1) is 17.7 Å². The van der Waals surface area contributed by atoms with E-state index in [2.05, 4.69) is 32.2 Å². The smallest absolute Gasteiger partial charge is 0.255 e. The summed E-state index contributed by atoms with van der Waals surface area (Å²) in [4.78, 5) is 20.4. The molecule has 2 unspecified atom stereocenters. The fraction of sp³-hybridized carbons (Fsp3) is 0.474. The van der Waals surface area contributed by atoms with Gasteiger partial charge in [0.15, 0.2) is 5.82 Å². The highest BCUT2D eigenvalue weighted by Crippen LogP contribution is 2.39. The van der Waals surface area contributed by atoms with Crippen LogP contribution in [0.2, 0.25) is 0 Å². The van der Waals surface area contributed by atoms with Gasteiger partial charge in [-0.2, -0.15) is 5.10 Å². The lowest BCUT2D eigenvalue weighted by molar-refractivity contribution is 0.0781. The Morgan fingerprint density at radius 2 is 1.81 bits per heavy atom. The first-order chi connectivity index (χ1) is 12.7. The number of hydrogen-bond donors (Lipinski definition) is 0. The number of rotatable bonds is 3. The van der Waals surface area contributed by atoms with Crippen LogP contribution < -0.4 is 4.90 Å². The van der Waals surface area contributed by atoms with Crippen LogP contribution in [-0.2, 0) is 0 Å². The van der Waals surface area contributed by atoms with Crippen molar-refractivity contribution in [3.8, 4) is 0 Å². The van der Waals surface area contributed by atoms with Gasteiger partial charge in [-0.15, -0.1) is 5.10 Å². The van der Waals surface area contributed by atoms with E-state index in [1.165, 1.54) is 25.1 Å². The minimum Gasteiger partial charge on any atom is -0.354 e. The fourth-order valence-corrected chi connectivity index (χ4v) is 4.16. The molecule has 1 aliphatic carbocycles. The average molecular weight is 353 g/mol. The van der Waals surface area contributed by atoms with Crippen LogP contribution in [0.15, 0.2) is 30.6 Å². The summed E-state index contributed by atoms with van der Waals surface area (Å²) in [6, 6.07) is 5.43. The van der Waals surface area contributed by atoms with Crippen molar-refractivity contribution in [3.05, 3.63) is 47.7 Å². The topological polar surface area (TPSA) is 62.2 Å². The van der Waals surface area contributed by atoms with E-state index in [1.807, 2.05) is 4.90 Å². The molecule has 6 nitrogen and oxygen atoms in total. The van der Waals surface area contributed by atoms with Gasteiger partial charge < -0.3 is 9.80 Å². The second-order valence-corrected chi connectivity index (χ2v) is 7.62. The SMILES string of the molecule is O=C(c1cncc(F)c1)N1CC2CN(c3ccc(C4CC4)nn3)CC2C1. The van der Waals surface area contributed by atoms with Gasteiger partial charge >= 0.3 is 0 Å². The molecule has 2 aromatic heterocycles. The highest BCUT2D eigenvalue weighted by Gasteiger charge is 2.42. The van der Waals surface area contributed by atoms with Gasteiger partial charge in [-0.25, -0.2) is 4.39 Å². The molecule has 0 radical (unpaired) electrons. The van der Waals surface area contributed by atoms with Gasteiger partial charge in [-0.3, -0.25) is 9.78 Å². The van der Waals surface area contributed by atoms with Crippen molar-refractivity contribution in [2.45, 2.75) is 18.8 Å². The number of anilines is 1. The Morgan fingerprint density at radius 3 is 2.42 bits per heavy atom. The third-order valence-corrected chi connectivity index (χ3v) is 5.72. The number of nitrogens with zero attached hydrogens (tertiary/aromatic N) is 5. The highest BCUT2D eigenvalue weighted by molar-refractivity contribution is 5.94. The Labute approximate surface area is 151 Å². The van der Waals surface area contributed by atoms with E-state index >= 15 is 0 Å². The van der Waals surface area contributed by atoms with Crippen molar-refractivity contribution >= 4 is 11.7 Å². The zero-order chi connectivity index (χ0) is 17.7. The summed E-state index contributed by atoms with van der Waals surface area (Å²) < 4.78 is 13.3. The van der Waals surface area contributed by atoms with Crippen molar-refractivity contribution in [3.63, 3.8) is 0 Å². The molecule has 2 aromatic rings. The molecule has 4 heterocycles. The summed E-state index contributed by atoms with van der Waals surface area (Å²) in [7, 11) is 0. The quantitative estimate of drug-likeness (QED) is 0.846. The van der Waals surface area contributed by atoms with Crippen molar-refractivity contribution in [1.82, 2.24) is 20.1 Å².